The molecule has 0 atom stereocenters. The Hall–Kier alpha value is -3.40. The van der Waals surface area contributed by atoms with Crippen LogP contribution < -0.4 is 15.8 Å². The lowest BCUT2D eigenvalue weighted by Crippen LogP contribution is -2.17. The van der Waals surface area contributed by atoms with Gasteiger partial charge in [0.1, 0.15) is 10.8 Å². The number of nitrogens with zero attached hydrogens (tertiary/aromatic N) is 1. The molecule has 2 aromatic carbocycles. The molecular weight excluding hydrogens is 431 g/mol. The van der Waals surface area contributed by atoms with Gasteiger partial charge in [0, 0.05) is 10.9 Å². The Kier molecular flexibility index (Phi) is 6.91. The summed E-state index contributed by atoms with van der Waals surface area (Å²) in [4.78, 5) is 27.6. The van der Waals surface area contributed by atoms with E-state index in [0.29, 0.717) is 27.7 Å². The highest BCUT2D eigenvalue weighted by Gasteiger charge is 2.30. The molecular formula is C21H18F3N3O3S. The van der Waals surface area contributed by atoms with Gasteiger partial charge in [0.2, 0.25) is 11.8 Å². The molecule has 0 unspecified atom stereocenters. The summed E-state index contributed by atoms with van der Waals surface area (Å²) < 4.78 is 43.6. The molecule has 3 N–H and O–H groups in total. The van der Waals surface area contributed by atoms with E-state index in [0.717, 1.165) is 12.1 Å². The van der Waals surface area contributed by atoms with E-state index in [1.165, 1.54) is 23.5 Å². The van der Waals surface area contributed by atoms with Crippen LogP contribution in [0.2, 0.25) is 0 Å². The molecule has 10 heteroatoms. The molecule has 0 aliphatic carbocycles. The summed E-state index contributed by atoms with van der Waals surface area (Å²) in [5.41, 5.74) is 5.82. The number of carbonyl (C=O) groups excluding carboxylic acids is 2. The Balaban J connectivity index is 1.62. The minimum atomic E-state index is -4.40. The lowest BCUT2D eigenvalue weighted by Gasteiger charge is -2.11. The Bertz CT molecular complexity index is 1070. The van der Waals surface area contributed by atoms with Crippen molar-refractivity contribution in [1.29, 1.82) is 0 Å². The van der Waals surface area contributed by atoms with E-state index >= 15 is 0 Å². The summed E-state index contributed by atoms with van der Waals surface area (Å²) in [5.74, 6) is -0.426. The summed E-state index contributed by atoms with van der Waals surface area (Å²) >= 11 is 1.24. The molecule has 0 radical (unpaired) electrons. The van der Waals surface area contributed by atoms with Crippen molar-refractivity contribution in [2.45, 2.75) is 19.0 Å². The van der Waals surface area contributed by atoms with Gasteiger partial charge < -0.3 is 15.8 Å². The van der Waals surface area contributed by atoms with Crippen molar-refractivity contribution in [2.24, 2.45) is 5.73 Å². The van der Waals surface area contributed by atoms with Crippen LogP contribution >= 0.6 is 11.3 Å². The van der Waals surface area contributed by atoms with Crippen molar-refractivity contribution in [3.05, 3.63) is 65.2 Å². The summed E-state index contributed by atoms with van der Waals surface area (Å²) in [5, 5.41) is 4.93. The van der Waals surface area contributed by atoms with Crippen LogP contribution in [0.15, 0.2) is 53.9 Å². The molecule has 0 saturated carbocycles. The second-order valence-corrected chi connectivity index (χ2v) is 7.36. The molecule has 162 valence electrons. The van der Waals surface area contributed by atoms with E-state index in [1.807, 2.05) is 0 Å². The van der Waals surface area contributed by atoms with Gasteiger partial charge in [-0.25, -0.2) is 4.98 Å². The summed E-state index contributed by atoms with van der Waals surface area (Å²) in [7, 11) is 0. The maximum atomic E-state index is 12.7. The second kappa shape index (κ2) is 9.61. The molecule has 3 rings (SSSR count). The zero-order valence-corrected chi connectivity index (χ0v) is 16.9. The largest absolute Gasteiger partial charge is 0.491 e. The molecule has 0 bridgehead atoms. The number of primary amides is 1. The first-order chi connectivity index (χ1) is 14.7. The fourth-order valence-electron chi connectivity index (χ4n) is 2.64. The minimum absolute atomic E-state index is 0.0211. The fourth-order valence-corrected chi connectivity index (χ4v) is 3.46. The molecule has 0 aliphatic rings. The average Bonchev–Trinajstić information content (AvgIpc) is 3.17. The average molecular weight is 449 g/mol. The topological polar surface area (TPSA) is 94.3 Å². The maximum absolute atomic E-state index is 12.7. The van der Waals surface area contributed by atoms with Crippen LogP contribution in [0.3, 0.4) is 0 Å². The monoisotopic (exact) mass is 449 g/mol. The van der Waals surface area contributed by atoms with Crippen molar-refractivity contribution >= 4 is 28.8 Å². The molecule has 0 aliphatic heterocycles. The van der Waals surface area contributed by atoms with Crippen molar-refractivity contribution in [2.75, 3.05) is 11.9 Å². The number of nitrogens with two attached hydrogens (primary N) is 1. The van der Waals surface area contributed by atoms with Gasteiger partial charge >= 0.3 is 6.18 Å². The van der Waals surface area contributed by atoms with Crippen LogP contribution in [-0.2, 0) is 22.2 Å². The SMILES string of the molecule is NC(=O)CCOc1ccccc1NC(=O)Cc1csc(-c2ccc(C(F)(F)F)cc2)n1. The lowest BCUT2D eigenvalue weighted by molar-refractivity contribution is -0.137. The number of ether oxygens (including phenoxy) is 1. The standard InChI is InChI=1S/C21H18F3N3O3S/c22-21(23,24)14-7-5-13(6-8-14)20-26-15(12-31-20)11-19(29)27-16-3-1-2-4-17(16)30-10-9-18(25)28/h1-8,12H,9-11H2,(H2,25,28)(H,27,29). The van der Waals surface area contributed by atoms with Crippen LogP contribution in [0.5, 0.6) is 5.75 Å². The van der Waals surface area contributed by atoms with Gasteiger partial charge in [-0.1, -0.05) is 24.3 Å². The van der Waals surface area contributed by atoms with Crippen molar-refractivity contribution in [3.63, 3.8) is 0 Å². The Morgan fingerprint density at radius 3 is 2.48 bits per heavy atom. The summed E-state index contributed by atoms with van der Waals surface area (Å²) in [6.45, 7) is 0.0881. The zero-order valence-electron chi connectivity index (χ0n) is 16.1. The number of alkyl halides is 3. The van der Waals surface area contributed by atoms with Crippen molar-refractivity contribution < 1.29 is 27.5 Å². The number of benzene rings is 2. The summed E-state index contributed by atoms with van der Waals surface area (Å²) in [6, 6.07) is 11.5. The molecule has 1 aromatic heterocycles. The quantitative estimate of drug-likeness (QED) is 0.537. The Labute approximate surface area is 179 Å². The predicted octanol–water partition coefficient (Wildman–Crippen LogP) is 4.26. The first-order valence-corrected chi connectivity index (χ1v) is 10.0. The Morgan fingerprint density at radius 2 is 1.81 bits per heavy atom. The number of hydrogen-bond acceptors (Lipinski definition) is 5. The van der Waals surface area contributed by atoms with Gasteiger partial charge in [-0.2, -0.15) is 13.2 Å². The van der Waals surface area contributed by atoms with Gasteiger partial charge in [-0.3, -0.25) is 9.59 Å². The van der Waals surface area contributed by atoms with Gasteiger partial charge in [0.05, 0.1) is 36.4 Å². The third kappa shape index (κ3) is 6.29. The van der Waals surface area contributed by atoms with Crippen molar-refractivity contribution in [1.82, 2.24) is 4.98 Å². The number of anilines is 1. The minimum Gasteiger partial charge on any atom is -0.491 e. The third-order valence-corrected chi connectivity index (χ3v) is 5.06. The molecule has 3 aromatic rings. The number of para-hydroxylation sites is 2. The number of carbonyl (C=O) groups is 2. The van der Waals surface area contributed by atoms with E-state index in [1.54, 1.807) is 29.6 Å². The molecule has 31 heavy (non-hydrogen) atoms. The molecule has 1 heterocycles. The highest BCUT2D eigenvalue weighted by atomic mass is 32.1. The van der Waals surface area contributed by atoms with Crippen LogP contribution in [0.25, 0.3) is 10.6 Å². The number of rotatable bonds is 8. The predicted molar refractivity (Wildman–Crippen MR) is 111 cm³/mol. The maximum Gasteiger partial charge on any atom is 0.416 e. The lowest BCUT2D eigenvalue weighted by atomic mass is 10.1. The highest BCUT2D eigenvalue weighted by Crippen LogP contribution is 2.32. The molecule has 0 spiro atoms. The summed E-state index contributed by atoms with van der Waals surface area (Å²) in [6.07, 6.45) is -4.37. The highest BCUT2D eigenvalue weighted by molar-refractivity contribution is 7.13. The van der Waals surface area contributed by atoms with E-state index in [9.17, 15) is 22.8 Å². The second-order valence-electron chi connectivity index (χ2n) is 6.50. The van der Waals surface area contributed by atoms with Crippen LogP contribution in [0.4, 0.5) is 18.9 Å². The zero-order chi connectivity index (χ0) is 22.4. The molecule has 2 amide bonds. The first-order valence-electron chi connectivity index (χ1n) is 9.14. The normalized spacial score (nSPS) is 11.2. The van der Waals surface area contributed by atoms with Gasteiger partial charge in [-0.05, 0) is 24.3 Å². The van der Waals surface area contributed by atoms with E-state index in [-0.39, 0.29) is 25.4 Å². The van der Waals surface area contributed by atoms with Crippen LogP contribution in [0.1, 0.15) is 17.7 Å². The van der Waals surface area contributed by atoms with Gasteiger partial charge in [-0.15, -0.1) is 11.3 Å². The molecule has 6 nitrogen and oxygen atoms in total. The fraction of sp³-hybridized carbons (Fsp3) is 0.190. The number of hydrogen-bond donors (Lipinski definition) is 2. The first kappa shape index (κ1) is 22.3. The third-order valence-electron chi connectivity index (χ3n) is 4.12. The Morgan fingerprint density at radius 1 is 1.10 bits per heavy atom. The molecule has 0 saturated heterocycles. The number of nitrogens with one attached hydrogen (secondary N) is 1. The molecule has 0 fully saturated rings. The van der Waals surface area contributed by atoms with Gasteiger partial charge in [0.15, 0.2) is 0 Å². The number of thiazole rings is 1. The smallest absolute Gasteiger partial charge is 0.416 e. The van der Waals surface area contributed by atoms with Crippen molar-refractivity contribution in [3.8, 4) is 16.3 Å². The van der Waals surface area contributed by atoms with E-state index in [4.69, 9.17) is 10.5 Å². The van der Waals surface area contributed by atoms with Gasteiger partial charge in [0.25, 0.3) is 0 Å². The number of aromatic nitrogens is 1. The van der Waals surface area contributed by atoms with Crippen LogP contribution in [-0.4, -0.2) is 23.4 Å². The van der Waals surface area contributed by atoms with E-state index in [2.05, 4.69) is 10.3 Å². The number of amides is 2. The van der Waals surface area contributed by atoms with Crippen LogP contribution in [0, 0.1) is 0 Å². The van der Waals surface area contributed by atoms with E-state index < -0.39 is 17.6 Å². The number of halogens is 3.